The first-order valence-corrected chi connectivity index (χ1v) is 6.40. The molecule has 1 aromatic carbocycles. The Bertz CT molecular complexity index is 635. The van der Waals surface area contributed by atoms with E-state index in [1.807, 2.05) is 6.92 Å². The Balaban J connectivity index is 2.37. The number of fused-ring (bicyclic) bond motifs is 1. The fourth-order valence-corrected chi connectivity index (χ4v) is 2.11. The van der Waals surface area contributed by atoms with Gasteiger partial charge in [0.25, 0.3) is 5.91 Å². The number of aryl methyl sites for hydroxylation is 1. The second kappa shape index (κ2) is 5.63. The van der Waals surface area contributed by atoms with Gasteiger partial charge in [-0.1, -0.05) is 0 Å². The molecule has 1 atom stereocenters. The number of carbonyl (C=O) groups is 1. The molecular weight excluding hydrogens is 261 g/mol. The molecular formula is C15H18FNO3. The number of benzene rings is 1. The summed E-state index contributed by atoms with van der Waals surface area (Å²) in [6.07, 6.45) is 0. The third-order valence-electron chi connectivity index (χ3n) is 3.48. The van der Waals surface area contributed by atoms with Gasteiger partial charge in [0, 0.05) is 25.1 Å². The zero-order valence-electron chi connectivity index (χ0n) is 12.1. The molecule has 108 valence electrons. The molecule has 0 aliphatic rings. The van der Waals surface area contributed by atoms with Crippen molar-refractivity contribution in [3.63, 3.8) is 0 Å². The van der Waals surface area contributed by atoms with Crippen LogP contribution in [0.25, 0.3) is 11.0 Å². The van der Waals surface area contributed by atoms with E-state index in [0.29, 0.717) is 23.1 Å². The molecule has 0 saturated heterocycles. The highest BCUT2D eigenvalue weighted by Gasteiger charge is 2.24. The van der Waals surface area contributed by atoms with Crippen LogP contribution in [0.5, 0.6) is 0 Å². The van der Waals surface area contributed by atoms with E-state index in [4.69, 9.17) is 9.15 Å². The van der Waals surface area contributed by atoms with E-state index in [0.717, 1.165) is 0 Å². The molecule has 0 unspecified atom stereocenters. The second-order valence-electron chi connectivity index (χ2n) is 4.92. The van der Waals surface area contributed by atoms with Gasteiger partial charge >= 0.3 is 0 Å². The minimum Gasteiger partial charge on any atom is -0.451 e. The van der Waals surface area contributed by atoms with Crippen LogP contribution in [0.3, 0.4) is 0 Å². The molecule has 2 rings (SSSR count). The van der Waals surface area contributed by atoms with Crippen LogP contribution in [0, 0.1) is 12.7 Å². The van der Waals surface area contributed by atoms with Gasteiger partial charge < -0.3 is 14.1 Å². The molecule has 0 spiro atoms. The maximum Gasteiger partial charge on any atom is 0.289 e. The summed E-state index contributed by atoms with van der Waals surface area (Å²) in [6, 6.07) is 4.16. The number of ether oxygens (including phenoxy) is 1. The molecule has 0 radical (unpaired) electrons. The number of carbonyl (C=O) groups excluding carboxylic acids is 1. The van der Waals surface area contributed by atoms with E-state index in [-0.39, 0.29) is 23.5 Å². The summed E-state index contributed by atoms with van der Waals surface area (Å²) >= 11 is 0. The number of rotatable bonds is 4. The summed E-state index contributed by atoms with van der Waals surface area (Å²) in [4.78, 5) is 14.0. The third-order valence-corrected chi connectivity index (χ3v) is 3.48. The molecule has 2 aromatic rings. The van der Waals surface area contributed by atoms with Crippen molar-refractivity contribution in [1.82, 2.24) is 4.90 Å². The van der Waals surface area contributed by atoms with E-state index in [2.05, 4.69) is 0 Å². The van der Waals surface area contributed by atoms with Gasteiger partial charge in [-0.3, -0.25) is 4.79 Å². The summed E-state index contributed by atoms with van der Waals surface area (Å²) in [7, 11) is 3.28. The van der Waals surface area contributed by atoms with Gasteiger partial charge in [-0.2, -0.15) is 0 Å². The summed E-state index contributed by atoms with van der Waals surface area (Å²) in [5, 5.41) is 0.626. The van der Waals surface area contributed by atoms with Crippen LogP contribution in [0.1, 0.15) is 23.0 Å². The lowest BCUT2D eigenvalue weighted by Gasteiger charge is -2.23. The largest absolute Gasteiger partial charge is 0.451 e. The first kappa shape index (κ1) is 14.5. The highest BCUT2D eigenvalue weighted by molar-refractivity contribution is 5.98. The van der Waals surface area contributed by atoms with Crippen molar-refractivity contribution >= 4 is 16.9 Å². The maximum absolute atomic E-state index is 13.3. The topological polar surface area (TPSA) is 42.7 Å². The molecule has 1 aromatic heterocycles. The summed E-state index contributed by atoms with van der Waals surface area (Å²) in [5.74, 6) is -0.332. The minimum absolute atomic E-state index is 0.0724. The Morgan fingerprint density at radius 1 is 1.50 bits per heavy atom. The van der Waals surface area contributed by atoms with Gasteiger partial charge in [0.15, 0.2) is 5.76 Å². The summed E-state index contributed by atoms with van der Waals surface area (Å²) < 4.78 is 23.9. The average Bonchev–Trinajstić information content (AvgIpc) is 2.74. The molecule has 1 amide bonds. The number of hydrogen-bond donors (Lipinski definition) is 0. The lowest BCUT2D eigenvalue weighted by atomic mass is 10.1. The van der Waals surface area contributed by atoms with Gasteiger partial charge in [-0.25, -0.2) is 4.39 Å². The number of furan rings is 1. The molecule has 0 bridgehead atoms. The predicted molar refractivity (Wildman–Crippen MR) is 74.3 cm³/mol. The number of likely N-dealkylation sites (N-methyl/N-ethyl adjacent to an activating group) is 1. The quantitative estimate of drug-likeness (QED) is 0.864. The first-order chi connectivity index (χ1) is 9.45. The molecule has 0 N–H and O–H groups in total. The number of nitrogens with zero attached hydrogens (tertiary/aromatic N) is 1. The Morgan fingerprint density at radius 3 is 2.85 bits per heavy atom. The van der Waals surface area contributed by atoms with Gasteiger partial charge in [-0.05, 0) is 32.0 Å². The molecule has 0 aliphatic heterocycles. The summed E-state index contributed by atoms with van der Waals surface area (Å²) in [6.45, 7) is 4.09. The van der Waals surface area contributed by atoms with E-state index < -0.39 is 0 Å². The van der Waals surface area contributed by atoms with Crippen molar-refractivity contribution in [2.45, 2.75) is 19.9 Å². The Morgan fingerprint density at radius 2 is 2.20 bits per heavy atom. The standard InChI is InChI=1S/C15H18FNO3/c1-9(8-19-4)17(3)15(18)14-10(2)12-7-11(16)5-6-13(12)20-14/h5-7,9H,8H2,1-4H3/t9-/m1/s1. The molecule has 1 heterocycles. The highest BCUT2D eigenvalue weighted by atomic mass is 19.1. The van der Waals surface area contributed by atoms with E-state index in [1.165, 1.54) is 18.2 Å². The van der Waals surface area contributed by atoms with Crippen LogP contribution in [0.2, 0.25) is 0 Å². The fraction of sp³-hybridized carbons (Fsp3) is 0.400. The van der Waals surface area contributed by atoms with Crippen LogP contribution in [0.4, 0.5) is 4.39 Å². The van der Waals surface area contributed by atoms with Crippen molar-refractivity contribution < 1.29 is 18.3 Å². The third kappa shape index (κ3) is 2.54. The Kier molecular flexibility index (Phi) is 4.09. The highest BCUT2D eigenvalue weighted by Crippen LogP contribution is 2.27. The normalized spacial score (nSPS) is 12.7. The SMILES string of the molecule is COC[C@@H](C)N(C)C(=O)c1oc2ccc(F)cc2c1C. The number of methoxy groups -OCH3 is 1. The van der Waals surface area contributed by atoms with Crippen LogP contribution in [-0.4, -0.2) is 37.6 Å². The lowest BCUT2D eigenvalue weighted by Crippen LogP contribution is -2.37. The fourth-order valence-electron chi connectivity index (χ4n) is 2.11. The first-order valence-electron chi connectivity index (χ1n) is 6.40. The molecule has 0 fully saturated rings. The van der Waals surface area contributed by atoms with Crippen molar-refractivity contribution in [2.75, 3.05) is 20.8 Å². The van der Waals surface area contributed by atoms with Crippen LogP contribution in [-0.2, 0) is 4.74 Å². The molecule has 0 aliphatic carbocycles. The van der Waals surface area contributed by atoms with Crippen LogP contribution in [0.15, 0.2) is 22.6 Å². The minimum atomic E-state index is -0.346. The molecule has 0 saturated carbocycles. The average molecular weight is 279 g/mol. The Hall–Kier alpha value is -1.88. The zero-order valence-corrected chi connectivity index (χ0v) is 12.1. The van der Waals surface area contributed by atoms with Gasteiger partial charge in [0.1, 0.15) is 11.4 Å². The second-order valence-corrected chi connectivity index (χ2v) is 4.92. The van der Waals surface area contributed by atoms with Gasteiger partial charge in [0.2, 0.25) is 0 Å². The van der Waals surface area contributed by atoms with Crippen molar-refractivity contribution in [1.29, 1.82) is 0 Å². The molecule has 20 heavy (non-hydrogen) atoms. The van der Waals surface area contributed by atoms with Crippen molar-refractivity contribution in [3.05, 3.63) is 35.3 Å². The van der Waals surface area contributed by atoms with Crippen LogP contribution >= 0.6 is 0 Å². The van der Waals surface area contributed by atoms with E-state index in [9.17, 15) is 9.18 Å². The van der Waals surface area contributed by atoms with Crippen molar-refractivity contribution in [3.8, 4) is 0 Å². The maximum atomic E-state index is 13.3. The van der Waals surface area contributed by atoms with E-state index in [1.54, 1.807) is 26.0 Å². The zero-order chi connectivity index (χ0) is 14.9. The smallest absolute Gasteiger partial charge is 0.289 e. The van der Waals surface area contributed by atoms with Gasteiger partial charge in [0.05, 0.1) is 12.6 Å². The Labute approximate surface area is 117 Å². The number of halogens is 1. The lowest BCUT2D eigenvalue weighted by molar-refractivity contribution is 0.0605. The van der Waals surface area contributed by atoms with Crippen LogP contribution < -0.4 is 0 Å². The summed E-state index contributed by atoms with van der Waals surface area (Å²) in [5.41, 5.74) is 1.17. The molecule has 4 nitrogen and oxygen atoms in total. The predicted octanol–water partition coefficient (Wildman–Crippen LogP) is 2.99. The molecule has 5 heteroatoms. The van der Waals surface area contributed by atoms with E-state index >= 15 is 0 Å². The monoisotopic (exact) mass is 279 g/mol. The number of hydrogen-bond acceptors (Lipinski definition) is 3. The number of amides is 1. The van der Waals surface area contributed by atoms with Gasteiger partial charge in [-0.15, -0.1) is 0 Å². The van der Waals surface area contributed by atoms with Crippen molar-refractivity contribution in [2.24, 2.45) is 0 Å².